The Morgan fingerprint density at radius 1 is 0.958 bits per heavy atom. The van der Waals surface area contributed by atoms with Crippen molar-refractivity contribution in [3.63, 3.8) is 0 Å². The zero-order valence-electron chi connectivity index (χ0n) is 12.7. The maximum atomic E-state index is 12.0. The quantitative estimate of drug-likeness (QED) is 0.624. The molecule has 0 radical (unpaired) electrons. The van der Waals surface area contributed by atoms with Gasteiger partial charge in [-0.3, -0.25) is 9.97 Å². The van der Waals surface area contributed by atoms with Gasteiger partial charge in [0.05, 0.1) is 29.1 Å². The molecule has 0 aliphatic carbocycles. The maximum Gasteiger partial charge on any atom is 0.340 e. The van der Waals surface area contributed by atoms with Crippen LogP contribution in [0, 0.1) is 0 Å². The van der Waals surface area contributed by atoms with Gasteiger partial charge in [0.2, 0.25) is 0 Å². The van der Waals surface area contributed by atoms with E-state index in [4.69, 9.17) is 27.9 Å². The SMILES string of the molecule is COC(=O)c1cccnc1-c1ccnc(-c2ccc(Cl)cc2)c1Cl. The maximum absolute atomic E-state index is 12.0. The summed E-state index contributed by atoms with van der Waals surface area (Å²) in [7, 11) is 1.33. The fraction of sp³-hybridized carbons (Fsp3) is 0.0556. The molecule has 0 atom stereocenters. The summed E-state index contributed by atoms with van der Waals surface area (Å²) in [4.78, 5) is 20.6. The highest BCUT2D eigenvalue weighted by molar-refractivity contribution is 6.36. The van der Waals surface area contributed by atoms with E-state index < -0.39 is 5.97 Å². The summed E-state index contributed by atoms with van der Waals surface area (Å²) in [6, 6.07) is 12.2. The van der Waals surface area contributed by atoms with E-state index in [0.717, 1.165) is 5.56 Å². The number of pyridine rings is 2. The number of hydrogen-bond donors (Lipinski definition) is 0. The van der Waals surface area contributed by atoms with E-state index in [9.17, 15) is 4.79 Å². The lowest BCUT2D eigenvalue weighted by Crippen LogP contribution is -2.05. The summed E-state index contributed by atoms with van der Waals surface area (Å²) in [5.41, 5.74) is 2.81. The summed E-state index contributed by atoms with van der Waals surface area (Å²) in [5.74, 6) is -0.473. The highest BCUT2D eigenvalue weighted by atomic mass is 35.5. The number of benzene rings is 1. The molecule has 0 unspecified atom stereocenters. The molecule has 0 N–H and O–H groups in total. The van der Waals surface area contributed by atoms with Gasteiger partial charge in [0, 0.05) is 28.5 Å². The molecule has 3 aromatic rings. The number of rotatable bonds is 3. The summed E-state index contributed by atoms with van der Waals surface area (Å²) in [5, 5.41) is 1.03. The van der Waals surface area contributed by atoms with E-state index in [-0.39, 0.29) is 0 Å². The first-order valence-electron chi connectivity index (χ1n) is 7.06. The molecule has 0 amide bonds. The average molecular weight is 359 g/mol. The number of halogens is 2. The molecule has 3 rings (SSSR count). The van der Waals surface area contributed by atoms with Gasteiger partial charge in [-0.05, 0) is 30.3 Å². The number of ether oxygens (including phenoxy) is 1. The van der Waals surface area contributed by atoms with E-state index in [0.29, 0.717) is 32.6 Å². The Morgan fingerprint density at radius 2 is 1.67 bits per heavy atom. The van der Waals surface area contributed by atoms with Crippen molar-refractivity contribution in [3.05, 3.63) is 70.5 Å². The van der Waals surface area contributed by atoms with Gasteiger partial charge in [-0.2, -0.15) is 0 Å². The van der Waals surface area contributed by atoms with E-state index in [2.05, 4.69) is 9.97 Å². The number of hydrogen-bond acceptors (Lipinski definition) is 4. The zero-order chi connectivity index (χ0) is 17.1. The van der Waals surface area contributed by atoms with Crippen LogP contribution in [0.4, 0.5) is 0 Å². The topological polar surface area (TPSA) is 52.1 Å². The van der Waals surface area contributed by atoms with Crippen molar-refractivity contribution in [3.8, 4) is 22.5 Å². The largest absolute Gasteiger partial charge is 0.465 e. The molecule has 0 saturated heterocycles. The molecule has 0 spiro atoms. The standard InChI is InChI=1S/C18H12Cl2N2O2/c1-24-18(23)14-3-2-9-21-17(14)13-8-10-22-16(15(13)20)11-4-6-12(19)7-5-11/h2-10H,1H3. The fourth-order valence-electron chi connectivity index (χ4n) is 2.33. The number of methoxy groups -OCH3 is 1. The predicted molar refractivity (Wildman–Crippen MR) is 94.3 cm³/mol. The van der Waals surface area contributed by atoms with Gasteiger partial charge in [-0.25, -0.2) is 4.79 Å². The van der Waals surface area contributed by atoms with Crippen LogP contribution in [0.1, 0.15) is 10.4 Å². The van der Waals surface area contributed by atoms with E-state index in [1.54, 1.807) is 42.7 Å². The molecule has 2 aromatic heterocycles. The lowest BCUT2D eigenvalue weighted by molar-refractivity contribution is 0.0601. The number of esters is 1. The number of nitrogens with zero attached hydrogens (tertiary/aromatic N) is 2. The molecule has 0 bridgehead atoms. The Morgan fingerprint density at radius 3 is 2.38 bits per heavy atom. The summed E-state index contributed by atoms with van der Waals surface area (Å²) in [6.45, 7) is 0. The van der Waals surface area contributed by atoms with Crippen LogP contribution in [0.5, 0.6) is 0 Å². The fourth-order valence-corrected chi connectivity index (χ4v) is 2.77. The third-order valence-electron chi connectivity index (χ3n) is 3.48. The molecule has 1 aromatic carbocycles. The summed E-state index contributed by atoms with van der Waals surface area (Å²) >= 11 is 12.5. The van der Waals surface area contributed by atoms with Crippen molar-refractivity contribution in [1.29, 1.82) is 0 Å². The third kappa shape index (κ3) is 3.11. The highest BCUT2D eigenvalue weighted by Crippen LogP contribution is 2.35. The van der Waals surface area contributed by atoms with Gasteiger partial charge in [-0.15, -0.1) is 0 Å². The molecule has 0 aliphatic rings. The second kappa shape index (κ2) is 6.99. The molecule has 0 saturated carbocycles. The van der Waals surface area contributed by atoms with Gasteiger partial charge in [0.15, 0.2) is 0 Å². The van der Waals surface area contributed by atoms with Crippen LogP contribution in [0.15, 0.2) is 54.9 Å². The summed E-state index contributed by atoms with van der Waals surface area (Å²) < 4.78 is 4.81. The van der Waals surface area contributed by atoms with Crippen molar-refractivity contribution in [2.75, 3.05) is 7.11 Å². The monoisotopic (exact) mass is 358 g/mol. The van der Waals surface area contributed by atoms with Crippen LogP contribution in [0.25, 0.3) is 22.5 Å². The van der Waals surface area contributed by atoms with Crippen LogP contribution < -0.4 is 0 Å². The molecule has 0 aliphatic heterocycles. The summed E-state index contributed by atoms with van der Waals surface area (Å²) in [6.07, 6.45) is 3.22. The van der Waals surface area contributed by atoms with Crippen molar-refractivity contribution in [1.82, 2.24) is 9.97 Å². The number of carbonyl (C=O) groups is 1. The second-order valence-electron chi connectivity index (χ2n) is 4.92. The lowest BCUT2D eigenvalue weighted by Gasteiger charge is -2.11. The molecule has 120 valence electrons. The molecule has 6 heteroatoms. The Bertz CT molecular complexity index is 896. The Hall–Kier alpha value is -2.43. The van der Waals surface area contributed by atoms with Crippen molar-refractivity contribution in [2.45, 2.75) is 0 Å². The Labute approximate surface area is 149 Å². The van der Waals surface area contributed by atoms with E-state index in [1.807, 2.05) is 12.1 Å². The lowest BCUT2D eigenvalue weighted by atomic mass is 10.0. The Kier molecular flexibility index (Phi) is 4.79. The van der Waals surface area contributed by atoms with Gasteiger partial charge < -0.3 is 4.74 Å². The molecule has 2 heterocycles. The first kappa shape index (κ1) is 16.4. The van der Waals surface area contributed by atoms with Crippen molar-refractivity contribution >= 4 is 29.2 Å². The van der Waals surface area contributed by atoms with Crippen LogP contribution in [0.3, 0.4) is 0 Å². The minimum atomic E-state index is -0.473. The Balaban J connectivity index is 2.16. The zero-order valence-corrected chi connectivity index (χ0v) is 14.2. The normalized spacial score (nSPS) is 10.5. The number of carbonyl (C=O) groups excluding carboxylic acids is 1. The van der Waals surface area contributed by atoms with Gasteiger partial charge in [0.1, 0.15) is 0 Å². The third-order valence-corrected chi connectivity index (χ3v) is 4.11. The van der Waals surface area contributed by atoms with Crippen LogP contribution in [-0.4, -0.2) is 23.0 Å². The van der Waals surface area contributed by atoms with Crippen LogP contribution in [-0.2, 0) is 4.74 Å². The van der Waals surface area contributed by atoms with Gasteiger partial charge in [0.25, 0.3) is 0 Å². The first-order valence-corrected chi connectivity index (χ1v) is 7.81. The highest BCUT2D eigenvalue weighted by Gasteiger charge is 2.18. The average Bonchev–Trinajstić information content (AvgIpc) is 2.62. The molecular formula is C18H12Cl2N2O2. The minimum Gasteiger partial charge on any atom is -0.465 e. The van der Waals surface area contributed by atoms with Crippen LogP contribution >= 0.6 is 23.2 Å². The van der Waals surface area contributed by atoms with Gasteiger partial charge in [-0.1, -0.05) is 35.3 Å². The molecule has 4 nitrogen and oxygen atoms in total. The van der Waals surface area contributed by atoms with E-state index >= 15 is 0 Å². The minimum absolute atomic E-state index is 0.343. The molecule has 24 heavy (non-hydrogen) atoms. The number of aromatic nitrogens is 2. The van der Waals surface area contributed by atoms with E-state index in [1.165, 1.54) is 7.11 Å². The second-order valence-corrected chi connectivity index (χ2v) is 5.73. The van der Waals surface area contributed by atoms with Gasteiger partial charge >= 0.3 is 5.97 Å². The predicted octanol–water partition coefficient (Wildman–Crippen LogP) is 4.90. The van der Waals surface area contributed by atoms with Crippen molar-refractivity contribution < 1.29 is 9.53 Å². The van der Waals surface area contributed by atoms with Crippen LogP contribution in [0.2, 0.25) is 10.0 Å². The van der Waals surface area contributed by atoms with Crippen molar-refractivity contribution in [2.24, 2.45) is 0 Å². The smallest absolute Gasteiger partial charge is 0.340 e. The molecular weight excluding hydrogens is 347 g/mol. The first-order chi connectivity index (χ1) is 11.6. The molecule has 0 fully saturated rings.